The van der Waals surface area contributed by atoms with Gasteiger partial charge >= 0.3 is 0 Å². The fraction of sp³-hybridized carbons (Fsp3) is 0.209. The van der Waals surface area contributed by atoms with E-state index in [0.717, 1.165) is 0 Å². The molecule has 0 spiro atoms. The van der Waals surface area contributed by atoms with Crippen LogP contribution in [0.15, 0.2) is 121 Å². The van der Waals surface area contributed by atoms with Crippen LogP contribution in [0.3, 0.4) is 0 Å². The van der Waals surface area contributed by atoms with Gasteiger partial charge in [-0.05, 0) is 91.7 Å². The van der Waals surface area contributed by atoms with Gasteiger partial charge in [-0.25, -0.2) is 0 Å². The number of anilines is 3. The summed E-state index contributed by atoms with van der Waals surface area (Å²) in [7, 11) is 0. The lowest BCUT2D eigenvalue weighted by Crippen LogP contribution is -2.18. The molecule has 0 heterocycles. The molecule has 0 unspecified atom stereocenters. The van der Waals surface area contributed by atoms with E-state index in [4.69, 9.17) is 0 Å². The average Bonchev–Trinajstić information content (AvgIpc) is 3.40. The third-order valence-corrected chi connectivity index (χ3v) is 10.4. The van der Waals surface area contributed by atoms with Crippen LogP contribution in [0.5, 0.6) is 0 Å². The Labute approximate surface area is 261 Å². The van der Waals surface area contributed by atoms with Crippen LogP contribution in [0.4, 0.5) is 17.1 Å². The van der Waals surface area contributed by atoms with Crippen molar-refractivity contribution in [2.75, 3.05) is 4.90 Å². The van der Waals surface area contributed by atoms with Crippen LogP contribution in [0, 0.1) is 0 Å². The summed E-state index contributed by atoms with van der Waals surface area (Å²) in [5.74, 6) is 0.445. The Balaban J connectivity index is 1.38. The zero-order valence-electron chi connectivity index (χ0n) is 26.6. The van der Waals surface area contributed by atoms with Crippen LogP contribution in [0.1, 0.15) is 75.3 Å². The summed E-state index contributed by atoms with van der Waals surface area (Å²) < 4.78 is 0. The highest BCUT2D eigenvalue weighted by molar-refractivity contribution is 6.01. The molecule has 0 bridgehead atoms. The van der Waals surface area contributed by atoms with E-state index in [1.54, 1.807) is 0 Å². The molecule has 8 rings (SSSR count). The number of fused-ring (bicyclic) bond motifs is 7. The second kappa shape index (κ2) is 9.44. The van der Waals surface area contributed by atoms with E-state index in [-0.39, 0.29) is 10.8 Å². The van der Waals surface area contributed by atoms with Gasteiger partial charge in [-0.3, -0.25) is 0 Å². The van der Waals surface area contributed by atoms with Crippen LogP contribution >= 0.6 is 0 Å². The van der Waals surface area contributed by atoms with E-state index in [9.17, 15) is 0 Å². The first-order valence-corrected chi connectivity index (χ1v) is 16.0. The summed E-state index contributed by atoms with van der Waals surface area (Å²) >= 11 is 0. The molecule has 1 nitrogen and oxygen atoms in total. The Morgan fingerprint density at radius 1 is 0.455 bits per heavy atom. The number of nitrogens with zero attached hydrogens (tertiary/aromatic N) is 1. The SMILES string of the molecule is CC(C)c1cccc2c(N(c3ccc4c(c3)C(C)(C)c3ccccc3-4)c3ccc4c(c3)C(C)(C)c3ccccc3-4)cccc12. The van der Waals surface area contributed by atoms with Gasteiger partial charge in [0.2, 0.25) is 0 Å². The third kappa shape index (κ3) is 3.72. The standard InChI is InChI=1S/C43H39N/c1-27(2)30-15-11-17-36-31(30)16-12-20-41(36)44(28-21-23-34-32-13-7-9-18-37(32)42(3,4)39(34)25-28)29-22-24-35-33-14-8-10-19-38(33)43(5,6)40(35)26-29/h7-27H,1-6H3. The smallest absolute Gasteiger partial charge is 0.0540 e. The Morgan fingerprint density at radius 3 is 1.48 bits per heavy atom. The highest BCUT2D eigenvalue weighted by Crippen LogP contribution is 2.53. The average molecular weight is 570 g/mol. The van der Waals surface area contributed by atoms with Gasteiger partial charge in [0.25, 0.3) is 0 Å². The molecule has 216 valence electrons. The molecule has 6 aromatic carbocycles. The van der Waals surface area contributed by atoms with Gasteiger partial charge in [-0.1, -0.05) is 133 Å². The van der Waals surface area contributed by atoms with Gasteiger partial charge in [0.1, 0.15) is 0 Å². The predicted molar refractivity (Wildman–Crippen MR) is 188 cm³/mol. The molecule has 2 aliphatic rings. The number of rotatable bonds is 4. The Hall–Kier alpha value is -4.62. The number of hydrogen-bond donors (Lipinski definition) is 0. The van der Waals surface area contributed by atoms with Gasteiger partial charge < -0.3 is 4.90 Å². The molecule has 0 saturated carbocycles. The first kappa shape index (κ1) is 27.0. The van der Waals surface area contributed by atoms with Gasteiger partial charge in [-0.2, -0.15) is 0 Å². The molecule has 6 aromatic rings. The normalized spacial score (nSPS) is 15.2. The monoisotopic (exact) mass is 569 g/mol. The molecule has 0 fully saturated rings. The molecule has 0 aliphatic heterocycles. The van der Waals surface area contributed by atoms with E-state index < -0.39 is 0 Å². The zero-order valence-corrected chi connectivity index (χ0v) is 26.6. The Kier molecular flexibility index (Phi) is 5.78. The van der Waals surface area contributed by atoms with Crippen molar-refractivity contribution in [3.63, 3.8) is 0 Å². The zero-order chi connectivity index (χ0) is 30.4. The fourth-order valence-electron chi connectivity index (χ4n) is 8.11. The van der Waals surface area contributed by atoms with Crippen molar-refractivity contribution in [1.29, 1.82) is 0 Å². The molecule has 0 N–H and O–H groups in total. The van der Waals surface area contributed by atoms with Crippen molar-refractivity contribution in [2.45, 2.75) is 58.3 Å². The molecule has 0 saturated heterocycles. The molecule has 0 amide bonds. The molecule has 0 atom stereocenters. The lowest BCUT2D eigenvalue weighted by molar-refractivity contribution is 0.660. The van der Waals surface area contributed by atoms with Crippen LogP contribution < -0.4 is 4.90 Å². The summed E-state index contributed by atoms with van der Waals surface area (Å²) in [6.07, 6.45) is 0. The highest BCUT2D eigenvalue weighted by Gasteiger charge is 2.37. The maximum Gasteiger partial charge on any atom is 0.0540 e. The van der Waals surface area contributed by atoms with Gasteiger partial charge in [-0.15, -0.1) is 0 Å². The van der Waals surface area contributed by atoms with Crippen molar-refractivity contribution < 1.29 is 0 Å². The van der Waals surface area contributed by atoms with E-state index in [1.165, 1.54) is 77.9 Å². The van der Waals surface area contributed by atoms with Crippen LogP contribution in [-0.4, -0.2) is 0 Å². The summed E-state index contributed by atoms with van der Waals surface area (Å²) in [4.78, 5) is 2.51. The first-order chi connectivity index (χ1) is 21.2. The lowest BCUT2D eigenvalue weighted by atomic mass is 9.82. The maximum atomic E-state index is 2.51. The lowest BCUT2D eigenvalue weighted by Gasteiger charge is -2.30. The second-order valence-electron chi connectivity index (χ2n) is 14.0. The van der Waals surface area contributed by atoms with E-state index in [0.29, 0.717) is 5.92 Å². The molecular weight excluding hydrogens is 530 g/mol. The molecule has 2 aliphatic carbocycles. The highest BCUT2D eigenvalue weighted by atomic mass is 15.1. The van der Waals surface area contributed by atoms with Crippen molar-refractivity contribution in [3.8, 4) is 22.3 Å². The van der Waals surface area contributed by atoms with Crippen molar-refractivity contribution in [1.82, 2.24) is 0 Å². The minimum Gasteiger partial charge on any atom is -0.310 e. The fourth-order valence-corrected chi connectivity index (χ4v) is 8.11. The van der Waals surface area contributed by atoms with Crippen molar-refractivity contribution in [2.24, 2.45) is 0 Å². The van der Waals surface area contributed by atoms with Gasteiger partial charge in [0.05, 0.1) is 5.69 Å². The largest absolute Gasteiger partial charge is 0.310 e. The quantitative estimate of drug-likeness (QED) is 0.204. The predicted octanol–water partition coefficient (Wildman–Crippen LogP) is 12.0. The summed E-state index contributed by atoms with van der Waals surface area (Å²) in [6, 6.07) is 45.7. The topological polar surface area (TPSA) is 3.24 Å². The van der Waals surface area contributed by atoms with E-state index >= 15 is 0 Å². The van der Waals surface area contributed by atoms with E-state index in [2.05, 4.69) is 168 Å². The summed E-state index contributed by atoms with van der Waals surface area (Å²) in [5, 5.41) is 2.61. The molecule has 44 heavy (non-hydrogen) atoms. The third-order valence-electron chi connectivity index (χ3n) is 10.4. The Bertz CT molecular complexity index is 2000. The van der Waals surface area contributed by atoms with E-state index in [1.807, 2.05) is 0 Å². The summed E-state index contributed by atoms with van der Waals surface area (Å²) in [6.45, 7) is 14.1. The molecule has 0 radical (unpaired) electrons. The second-order valence-corrected chi connectivity index (χ2v) is 14.0. The molecular formula is C43H39N. The van der Waals surface area contributed by atoms with Crippen LogP contribution in [0.25, 0.3) is 33.0 Å². The minimum atomic E-state index is -0.0707. The number of benzene rings is 6. The molecule has 0 aromatic heterocycles. The summed E-state index contributed by atoms with van der Waals surface area (Å²) in [5.41, 5.74) is 15.8. The minimum absolute atomic E-state index is 0.0707. The molecule has 1 heteroatoms. The maximum absolute atomic E-state index is 2.51. The number of hydrogen-bond acceptors (Lipinski definition) is 1. The van der Waals surface area contributed by atoms with Gasteiger partial charge in [0.15, 0.2) is 0 Å². The van der Waals surface area contributed by atoms with Crippen LogP contribution in [-0.2, 0) is 10.8 Å². The van der Waals surface area contributed by atoms with Gasteiger partial charge in [0, 0.05) is 27.6 Å². The van der Waals surface area contributed by atoms with Crippen molar-refractivity contribution in [3.05, 3.63) is 149 Å². The first-order valence-electron chi connectivity index (χ1n) is 16.0. The van der Waals surface area contributed by atoms with Crippen LogP contribution in [0.2, 0.25) is 0 Å². The Morgan fingerprint density at radius 2 is 0.932 bits per heavy atom. The van der Waals surface area contributed by atoms with Crippen molar-refractivity contribution >= 4 is 27.8 Å².